The number of hydrogen-bond donors (Lipinski definition) is 3. The van der Waals surface area contributed by atoms with E-state index in [1.54, 1.807) is 6.07 Å². The van der Waals surface area contributed by atoms with Gasteiger partial charge in [0.1, 0.15) is 6.04 Å². The van der Waals surface area contributed by atoms with Gasteiger partial charge < -0.3 is 14.9 Å². The molecule has 1 unspecified atom stereocenters. The SMILES string of the molecule is O=C1CCC(N2Cc3cc(B(O)O)sc3C2=O)C(=O)N1. The van der Waals surface area contributed by atoms with Crippen LogP contribution in [0.25, 0.3) is 0 Å². The molecule has 0 radical (unpaired) electrons. The lowest BCUT2D eigenvalue weighted by Crippen LogP contribution is -2.52. The van der Waals surface area contributed by atoms with Crippen molar-refractivity contribution in [3.05, 3.63) is 16.5 Å². The summed E-state index contributed by atoms with van der Waals surface area (Å²) in [6.45, 7) is 0.254. The molecule has 2 aliphatic heterocycles. The van der Waals surface area contributed by atoms with Crippen LogP contribution in [0.15, 0.2) is 6.07 Å². The molecule has 3 rings (SSSR count). The molecular formula is C11H11BN2O5S. The average Bonchev–Trinajstić information content (AvgIpc) is 2.90. The molecule has 3 N–H and O–H groups in total. The number of piperidine rings is 1. The number of thiophene rings is 1. The summed E-state index contributed by atoms with van der Waals surface area (Å²) < 4.78 is 0.311. The van der Waals surface area contributed by atoms with Crippen LogP contribution in [-0.2, 0) is 16.1 Å². The van der Waals surface area contributed by atoms with Crippen molar-refractivity contribution in [2.45, 2.75) is 25.4 Å². The standard InChI is InChI=1S/C11H11BN2O5S/c15-8-2-1-6(10(16)13-8)14-4-5-3-7(12(18)19)20-9(5)11(14)17/h3,6,18-19H,1-2,4H2,(H,13,15,16). The van der Waals surface area contributed by atoms with Crippen molar-refractivity contribution in [3.8, 4) is 0 Å². The number of rotatable bonds is 2. The van der Waals surface area contributed by atoms with E-state index in [9.17, 15) is 14.4 Å². The highest BCUT2D eigenvalue weighted by Crippen LogP contribution is 2.30. The maximum Gasteiger partial charge on any atom is 0.499 e. The number of carbonyl (C=O) groups is 3. The second-order valence-corrected chi connectivity index (χ2v) is 5.86. The van der Waals surface area contributed by atoms with Crippen molar-refractivity contribution in [1.29, 1.82) is 0 Å². The van der Waals surface area contributed by atoms with Gasteiger partial charge >= 0.3 is 7.12 Å². The van der Waals surface area contributed by atoms with Crippen molar-refractivity contribution in [1.82, 2.24) is 10.2 Å². The maximum atomic E-state index is 12.3. The molecule has 1 fully saturated rings. The van der Waals surface area contributed by atoms with Gasteiger partial charge in [-0.15, -0.1) is 11.3 Å². The summed E-state index contributed by atoms with van der Waals surface area (Å²) in [5, 5.41) is 20.4. The van der Waals surface area contributed by atoms with Gasteiger partial charge in [0.2, 0.25) is 11.8 Å². The van der Waals surface area contributed by atoms with Crippen LogP contribution in [-0.4, -0.2) is 45.8 Å². The minimum absolute atomic E-state index is 0.217. The van der Waals surface area contributed by atoms with Gasteiger partial charge in [0.05, 0.1) is 4.88 Å². The van der Waals surface area contributed by atoms with Gasteiger partial charge in [0.25, 0.3) is 5.91 Å². The lowest BCUT2D eigenvalue weighted by Gasteiger charge is -2.29. The molecular weight excluding hydrogens is 283 g/mol. The molecule has 3 amide bonds. The monoisotopic (exact) mass is 294 g/mol. The number of carbonyl (C=O) groups excluding carboxylic acids is 3. The highest BCUT2D eigenvalue weighted by molar-refractivity contribution is 7.23. The van der Waals surface area contributed by atoms with E-state index in [-0.39, 0.29) is 24.8 Å². The molecule has 0 aliphatic carbocycles. The molecule has 3 heterocycles. The Morgan fingerprint density at radius 3 is 2.70 bits per heavy atom. The number of nitrogens with zero attached hydrogens (tertiary/aromatic N) is 1. The first-order valence-electron chi connectivity index (χ1n) is 6.11. The number of imide groups is 1. The zero-order valence-corrected chi connectivity index (χ0v) is 11.1. The smallest absolute Gasteiger partial charge is 0.423 e. The number of fused-ring (bicyclic) bond motifs is 1. The van der Waals surface area contributed by atoms with Crippen LogP contribution < -0.4 is 10.1 Å². The normalized spacial score (nSPS) is 22.0. The quantitative estimate of drug-likeness (QED) is 0.440. The van der Waals surface area contributed by atoms with E-state index in [1.165, 1.54) is 4.90 Å². The molecule has 0 saturated carbocycles. The van der Waals surface area contributed by atoms with E-state index in [1.807, 2.05) is 0 Å². The number of hydrogen-bond acceptors (Lipinski definition) is 6. The van der Waals surface area contributed by atoms with Gasteiger partial charge in [-0.1, -0.05) is 0 Å². The lowest BCUT2D eigenvalue weighted by atomic mass is 9.89. The molecule has 1 aromatic heterocycles. The van der Waals surface area contributed by atoms with Gasteiger partial charge in [-0.05, 0) is 18.1 Å². The van der Waals surface area contributed by atoms with Gasteiger partial charge in [-0.25, -0.2) is 0 Å². The maximum absolute atomic E-state index is 12.3. The van der Waals surface area contributed by atoms with E-state index < -0.39 is 19.1 Å². The van der Waals surface area contributed by atoms with Crippen molar-refractivity contribution < 1.29 is 24.4 Å². The van der Waals surface area contributed by atoms with Gasteiger partial charge in [0.15, 0.2) is 0 Å². The highest BCUT2D eigenvalue weighted by Gasteiger charge is 2.40. The topological polar surface area (TPSA) is 107 Å². The Hall–Kier alpha value is -1.71. The van der Waals surface area contributed by atoms with E-state index in [0.29, 0.717) is 21.6 Å². The first kappa shape index (κ1) is 13.3. The lowest BCUT2D eigenvalue weighted by molar-refractivity contribution is -0.136. The van der Waals surface area contributed by atoms with Gasteiger partial charge in [-0.3, -0.25) is 19.7 Å². The second-order valence-electron chi connectivity index (χ2n) is 4.78. The van der Waals surface area contributed by atoms with E-state index in [0.717, 1.165) is 11.3 Å². The molecule has 7 nitrogen and oxygen atoms in total. The fraction of sp³-hybridized carbons (Fsp3) is 0.364. The van der Waals surface area contributed by atoms with Crippen LogP contribution in [0.1, 0.15) is 28.1 Å². The summed E-state index contributed by atoms with van der Waals surface area (Å²) in [7, 11) is -1.59. The molecule has 0 aromatic carbocycles. The van der Waals surface area contributed by atoms with E-state index >= 15 is 0 Å². The molecule has 0 bridgehead atoms. The molecule has 1 atom stereocenters. The predicted molar refractivity (Wildman–Crippen MR) is 70.2 cm³/mol. The summed E-state index contributed by atoms with van der Waals surface area (Å²) >= 11 is 1.02. The first-order chi connectivity index (χ1) is 9.47. The highest BCUT2D eigenvalue weighted by atomic mass is 32.1. The van der Waals surface area contributed by atoms with Crippen LogP contribution in [0.3, 0.4) is 0 Å². The molecule has 9 heteroatoms. The van der Waals surface area contributed by atoms with Gasteiger partial charge in [0, 0.05) is 17.7 Å². The van der Waals surface area contributed by atoms with Crippen molar-refractivity contribution in [2.75, 3.05) is 0 Å². The Kier molecular flexibility index (Phi) is 3.11. The molecule has 1 saturated heterocycles. The summed E-state index contributed by atoms with van der Waals surface area (Å²) in [6.07, 6.45) is 0.537. The average molecular weight is 294 g/mol. The van der Waals surface area contributed by atoms with E-state index in [4.69, 9.17) is 10.0 Å². The molecule has 0 spiro atoms. The Morgan fingerprint density at radius 1 is 1.35 bits per heavy atom. The molecule has 1 aromatic rings. The van der Waals surface area contributed by atoms with Crippen LogP contribution >= 0.6 is 11.3 Å². The second kappa shape index (κ2) is 4.69. The molecule has 2 aliphatic rings. The third-order valence-electron chi connectivity index (χ3n) is 3.46. The van der Waals surface area contributed by atoms with Crippen molar-refractivity contribution in [2.24, 2.45) is 0 Å². The van der Waals surface area contributed by atoms with E-state index in [2.05, 4.69) is 5.32 Å². The Labute approximate surface area is 118 Å². The predicted octanol–water partition coefficient (Wildman–Crippen LogP) is -1.81. The Morgan fingerprint density at radius 2 is 2.10 bits per heavy atom. The third kappa shape index (κ3) is 2.03. The first-order valence-corrected chi connectivity index (χ1v) is 6.92. The fourth-order valence-corrected chi connectivity index (χ4v) is 3.49. The minimum Gasteiger partial charge on any atom is -0.423 e. The van der Waals surface area contributed by atoms with Crippen LogP contribution in [0.4, 0.5) is 0 Å². The summed E-state index contributed by atoms with van der Waals surface area (Å²) in [4.78, 5) is 37.0. The largest absolute Gasteiger partial charge is 0.499 e. The van der Waals surface area contributed by atoms with Gasteiger partial charge in [-0.2, -0.15) is 0 Å². The summed E-state index contributed by atoms with van der Waals surface area (Å²) in [6, 6.07) is 0.927. The zero-order chi connectivity index (χ0) is 14.4. The summed E-state index contributed by atoms with van der Waals surface area (Å²) in [5.41, 5.74) is 0.688. The number of amides is 3. The Balaban J connectivity index is 1.82. The van der Waals surface area contributed by atoms with Crippen LogP contribution in [0, 0.1) is 0 Å². The summed E-state index contributed by atoms with van der Waals surface area (Å²) in [5.74, 6) is -1.07. The third-order valence-corrected chi connectivity index (χ3v) is 4.67. The van der Waals surface area contributed by atoms with Crippen LogP contribution in [0.5, 0.6) is 0 Å². The minimum atomic E-state index is -1.59. The zero-order valence-electron chi connectivity index (χ0n) is 10.3. The Bertz CT molecular complexity index is 614. The number of nitrogens with one attached hydrogen (secondary N) is 1. The fourth-order valence-electron chi connectivity index (χ4n) is 2.49. The molecule has 20 heavy (non-hydrogen) atoms. The van der Waals surface area contributed by atoms with Crippen molar-refractivity contribution in [3.63, 3.8) is 0 Å². The molecule has 104 valence electrons. The van der Waals surface area contributed by atoms with Crippen molar-refractivity contribution >= 4 is 41.0 Å². The van der Waals surface area contributed by atoms with Crippen LogP contribution in [0.2, 0.25) is 0 Å².